The SMILES string of the molecule is CCOc1cccc2sc(NC(=O)Cc3ccc(SC(C)C)cc3)nc12. The van der Waals surface area contributed by atoms with Crippen LogP contribution >= 0.6 is 23.1 Å². The number of rotatable bonds is 7. The number of para-hydroxylation sites is 1. The Hall–Kier alpha value is -2.05. The van der Waals surface area contributed by atoms with E-state index in [1.54, 1.807) is 0 Å². The molecule has 0 saturated carbocycles. The van der Waals surface area contributed by atoms with Gasteiger partial charge in [-0.3, -0.25) is 4.79 Å². The molecule has 0 radical (unpaired) electrons. The fourth-order valence-corrected chi connectivity index (χ4v) is 4.29. The molecule has 1 heterocycles. The first-order valence-electron chi connectivity index (χ1n) is 8.63. The molecule has 0 aliphatic carbocycles. The standard InChI is InChI=1S/C20H22N2O2S2/c1-4-24-16-6-5-7-17-19(16)22-20(26-17)21-18(23)12-14-8-10-15(11-9-14)25-13(2)3/h5-11,13H,4,12H2,1-3H3,(H,21,22,23). The number of thioether (sulfide) groups is 1. The summed E-state index contributed by atoms with van der Waals surface area (Å²) in [6.45, 7) is 6.87. The number of nitrogens with zero attached hydrogens (tertiary/aromatic N) is 1. The van der Waals surface area contributed by atoms with E-state index in [2.05, 4.69) is 36.3 Å². The number of carbonyl (C=O) groups is 1. The molecule has 26 heavy (non-hydrogen) atoms. The van der Waals surface area contributed by atoms with Crippen molar-refractivity contribution >= 4 is 44.4 Å². The lowest BCUT2D eigenvalue weighted by molar-refractivity contribution is -0.115. The molecule has 1 N–H and O–H groups in total. The number of hydrogen-bond donors (Lipinski definition) is 1. The van der Waals surface area contributed by atoms with Crippen LogP contribution in [0.1, 0.15) is 26.3 Å². The van der Waals surface area contributed by atoms with Gasteiger partial charge in [-0.1, -0.05) is 43.4 Å². The molecule has 136 valence electrons. The van der Waals surface area contributed by atoms with Crippen molar-refractivity contribution in [1.29, 1.82) is 0 Å². The number of aromatic nitrogens is 1. The van der Waals surface area contributed by atoms with Gasteiger partial charge in [0.25, 0.3) is 0 Å². The molecule has 1 amide bonds. The van der Waals surface area contributed by atoms with Gasteiger partial charge in [0.15, 0.2) is 5.13 Å². The summed E-state index contributed by atoms with van der Waals surface area (Å²) < 4.78 is 6.60. The maximum atomic E-state index is 12.4. The van der Waals surface area contributed by atoms with Crippen molar-refractivity contribution in [2.24, 2.45) is 0 Å². The summed E-state index contributed by atoms with van der Waals surface area (Å²) in [5, 5.41) is 4.05. The highest BCUT2D eigenvalue weighted by molar-refractivity contribution is 7.99. The van der Waals surface area contributed by atoms with E-state index >= 15 is 0 Å². The summed E-state index contributed by atoms with van der Waals surface area (Å²) in [7, 11) is 0. The Bertz CT molecular complexity index is 888. The molecule has 0 fully saturated rings. The van der Waals surface area contributed by atoms with E-state index in [-0.39, 0.29) is 5.91 Å². The van der Waals surface area contributed by atoms with Crippen LogP contribution in [0.4, 0.5) is 5.13 Å². The highest BCUT2D eigenvalue weighted by Gasteiger charge is 2.12. The van der Waals surface area contributed by atoms with Gasteiger partial charge in [0.1, 0.15) is 11.3 Å². The Kier molecular flexibility index (Phi) is 6.16. The van der Waals surface area contributed by atoms with Crippen LogP contribution in [0.15, 0.2) is 47.4 Å². The fraction of sp³-hybridized carbons (Fsp3) is 0.300. The quantitative estimate of drug-likeness (QED) is 0.554. The van der Waals surface area contributed by atoms with Gasteiger partial charge in [-0.25, -0.2) is 4.98 Å². The van der Waals surface area contributed by atoms with Gasteiger partial charge in [0.2, 0.25) is 5.91 Å². The van der Waals surface area contributed by atoms with Gasteiger partial charge >= 0.3 is 0 Å². The summed E-state index contributed by atoms with van der Waals surface area (Å²) in [5.41, 5.74) is 1.79. The number of amides is 1. The lowest BCUT2D eigenvalue weighted by Crippen LogP contribution is -2.14. The molecule has 0 spiro atoms. The molecular formula is C20H22N2O2S2. The van der Waals surface area contributed by atoms with Gasteiger partial charge in [-0.05, 0) is 36.8 Å². The van der Waals surface area contributed by atoms with Gasteiger partial charge in [-0.2, -0.15) is 0 Å². The van der Waals surface area contributed by atoms with E-state index in [9.17, 15) is 4.79 Å². The molecular weight excluding hydrogens is 364 g/mol. The second-order valence-electron chi connectivity index (χ2n) is 6.09. The van der Waals surface area contributed by atoms with Crippen LogP contribution in [0, 0.1) is 0 Å². The molecule has 6 heteroatoms. The molecule has 3 rings (SSSR count). The molecule has 3 aromatic rings. The number of nitrogens with one attached hydrogen (secondary N) is 1. The number of ether oxygens (including phenoxy) is 1. The van der Waals surface area contributed by atoms with Gasteiger partial charge < -0.3 is 10.1 Å². The normalized spacial score (nSPS) is 11.1. The molecule has 1 aromatic heterocycles. The highest BCUT2D eigenvalue weighted by atomic mass is 32.2. The first-order valence-corrected chi connectivity index (χ1v) is 10.3. The number of anilines is 1. The first-order chi connectivity index (χ1) is 12.5. The Morgan fingerprint density at radius 3 is 2.69 bits per heavy atom. The van der Waals surface area contributed by atoms with E-state index in [1.165, 1.54) is 16.2 Å². The minimum atomic E-state index is -0.0636. The molecule has 0 bridgehead atoms. The van der Waals surface area contributed by atoms with Crippen LogP contribution in [0.5, 0.6) is 5.75 Å². The van der Waals surface area contributed by atoms with Gasteiger partial charge in [-0.15, -0.1) is 11.8 Å². The molecule has 0 unspecified atom stereocenters. The predicted molar refractivity (Wildman–Crippen MR) is 111 cm³/mol. The topological polar surface area (TPSA) is 51.2 Å². The Balaban J connectivity index is 1.66. The van der Waals surface area contributed by atoms with Crippen LogP contribution in [-0.4, -0.2) is 22.7 Å². The zero-order valence-electron chi connectivity index (χ0n) is 15.1. The van der Waals surface area contributed by atoms with Crippen molar-refractivity contribution in [2.75, 3.05) is 11.9 Å². The van der Waals surface area contributed by atoms with E-state index in [0.717, 1.165) is 21.5 Å². The lowest BCUT2D eigenvalue weighted by Gasteiger charge is -2.06. The van der Waals surface area contributed by atoms with Gasteiger partial charge in [0.05, 0.1) is 17.7 Å². The number of fused-ring (bicyclic) bond motifs is 1. The van der Waals surface area contributed by atoms with Crippen LogP contribution in [0.25, 0.3) is 10.2 Å². The zero-order valence-corrected chi connectivity index (χ0v) is 16.7. The summed E-state index contributed by atoms with van der Waals surface area (Å²) >= 11 is 3.27. The van der Waals surface area contributed by atoms with Crippen LogP contribution < -0.4 is 10.1 Å². The minimum Gasteiger partial charge on any atom is -0.492 e. The third-order valence-corrected chi connectivity index (χ3v) is 5.54. The largest absolute Gasteiger partial charge is 0.492 e. The zero-order chi connectivity index (χ0) is 18.5. The van der Waals surface area contributed by atoms with Crippen LogP contribution in [0.3, 0.4) is 0 Å². The summed E-state index contributed by atoms with van der Waals surface area (Å²) in [5.74, 6) is 0.686. The second-order valence-corrected chi connectivity index (χ2v) is 8.77. The minimum absolute atomic E-state index is 0.0636. The van der Waals surface area contributed by atoms with Crippen molar-refractivity contribution in [2.45, 2.75) is 37.3 Å². The second kappa shape index (κ2) is 8.56. The first kappa shape index (κ1) is 18.7. The Morgan fingerprint density at radius 2 is 2.00 bits per heavy atom. The van der Waals surface area contributed by atoms with Gasteiger partial charge in [0, 0.05) is 10.1 Å². The fourth-order valence-electron chi connectivity index (χ4n) is 2.56. The molecule has 2 aromatic carbocycles. The Morgan fingerprint density at radius 1 is 1.23 bits per heavy atom. The smallest absolute Gasteiger partial charge is 0.230 e. The van der Waals surface area contributed by atoms with E-state index in [4.69, 9.17) is 4.74 Å². The summed E-state index contributed by atoms with van der Waals surface area (Å²) in [4.78, 5) is 18.1. The summed E-state index contributed by atoms with van der Waals surface area (Å²) in [6, 6.07) is 14.0. The summed E-state index contributed by atoms with van der Waals surface area (Å²) in [6.07, 6.45) is 0.334. The molecule has 0 aliphatic rings. The third-order valence-electron chi connectivity index (χ3n) is 3.59. The number of hydrogen-bond acceptors (Lipinski definition) is 5. The molecule has 0 atom stereocenters. The highest BCUT2D eigenvalue weighted by Crippen LogP contribution is 2.32. The van der Waals surface area contributed by atoms with Crippen molar-refractivity contribution in [3.8, 4) is 5.75 Å². The van der Waals surface area contributed by atoms with Crippen molar-refractivity contribution in [1.82, 2.24) is 4.98 Å². The van der Waals surface area contributed by atoms with E-state index in [1.807, 2.05) is 49.0 Å². The average molecular weight is 387 g/mol. The monoisotopic (exact) mass is 386 g/mol. The molecule has 0 saturated heterocycles. The van der Waals surface area contributed by atoms with E-state index < -0.39 is 0 Å². The van der Waals surface area contributed by atoms with E-state index in [0.29, 0.717) is 23.4 Å². The lowest BCUT2D eigenvalue weighted by atomic mass is 10.1. The van der Waals surface area contributed by atoms with Crippen molar-refractivity contribution in [3.63, 3.8) is 0 Å². The molecule has 0 aliphatic heterocycles. The molecule has 4 nitrogen and oxygen atoms in total. The predicted octanol–water partition coefficient (Wildman–Crippen LogP) is 5.38. The maximum absolute atomic E-state index is 12.4. The average Bonchev–Trinajstić information content (AvgIpc) is 3.00. The van der Waals surface area contributed by atoms with Crippen molar-refractivity contribution in [3.05, 3.63) is 48.0 Å². The number of thiazole rings is 1. The Labute approximate surface area is 162 Å². The maximum Gasteiger partial charge on any atom is 0.230 e. The van der Waals surface area contributed by atoms with Crippen LogP contribution in [0.2, 0.25) is 0 Å². The third kappa shape index (κ3) is 4.77. The van der Waals surface area contributed by atoms with Crippen LogP contribution in [-0.2, 0) is 11.2 Å². The number of benzene rings is 2. The van der Waals surface area contributed by atoms with Crippen molar-refractivity contribution < 1.29 is 9.53 Å². The number of carbonyl (C=O) groups excluding carboxylic acids is 1.